The molecule has 3 rings (SSSR count). The molecule has 1 fully saturated rings. The van der Waals surface area contributed by atoms with E-state index in [0.717, 1.165) is 17.9 Å². The molecule has 1 aromatic rings. The van der Waals surface area contributed by atoms with Crippen molar-refractivity contribution in [2.75, 3.05) is 28.8 Å². The molecule has 0 spiro atoms. The number of hydrogen-bond acceptors (Lipinski definition) is 4. The lowest BCUT2D eigenvalue weighted by Gasteiger charge is -2.38. The van der Waals surface area contributed by atoms with E-state index in [1.807, 2.05) is 26.8 Å². The van der Waals surface area contributed by atoms with Crippen LogP contribution in [0.2, 0.25) is 0 Å². The smallest absolute Gasteiger partial charge is 0.338 e. The number of esters is 1. The summed E-state index contributed by atoms with van der Waals surface area (Å²) in [5, 5.41) is 0. The molecule has 0 aromatic heterocycles. The molecular weight excluding hydrogens is 328 g/mol. The Bertz CT molecular complexity index is 665. The summed E-state index contributed by atoms with van der Waals surface area (Å²) in [5.74, 6) is -0.596. The topological polar surface area (TPSA) is 49.9 Å². The van der Waals surface area contributed by atoms with Crippen LogP contribution in [0.15, 0.2) is 18.2 Å². The molecule has 0 unspecified atom stereocenters. The highest BCUT2D eigenvalue weighted by molar-refractivity contribution is 6.29. The van der Waals surface area contributed by atoms with Gasteiger partial charge < -0.3 is 14.5 Å². The Morgan fingerprint density at radius 3 is 2.50 bits per heavy atom. The Kier molecular flexibility index (Phi) is 4.47. The molecule has 5 nitrogen and oxygen atoms in total. The summed E-state index contributed by atoms with van der Waals surface area (Å²) >= 11 is 5.76. The van der Waals surface area contributed by atoms with Crippen LogP contribution in [0.3, 0.4) is 0 Å². The monoisotopic (exact) mass is 350 g/mol. The average Bonchev–Trinajstić information content (AvgIpc) is 3.35. The van der Waals surface area contributed by atoms with Crippen LogP contribution < -0.4 is 9.80 Å². The van der Waals surface area contributed by atoms with E-state index in [4.69, 9.17) is 16.3 Å². The maximum atomic E-state index is 12.4. The van der Waals surface area contributed by atoms with E-state index in [2.05, 4.69) is 4.90 Å². The number of carbonyl (C=O) groups excluding carboxylic acids is 2. The molecule has 2 aliphatic rings. The predicted molar refractivity (Wildman–Crippen MR) is 95.1 cm³/mol. The highest BCUT2D eigenvalue weighted by Crippen LogP contribution is 2.40. The van der Waals surface area contributed by atoms with E-state index < -0.39 is 5.60 Å². The van der Waals surface area contributed by atoms with Crippen LogP contribution in [-0.2, 0) is 9.53 Å². The lowest BCUT2D eigenvalue weighted by Crippen LogP contribution is -2.45. The summed E-state index contributed by atoms with van der Waals surface area (Å²) in [6, 6.07) is 5.99. The molecular formula is C18H23ClN2O3. The van der Waals surface area contributed by atoms with Gasteiger partial charge in [0.15, 0.2) is 0 Å². The van der Waals surface area contributed by atoms with Gasteiger partial charge in [0.05, 0.1) is 16.9 Å². The van der Waals surface area contributed by atoms with Gasteiger partial charge in [0.25, 0.3) is 0 Å². The lowest BCUT2D eigenvalue weighted by molar-refractivity contribution is -0.116. The zero-order valence-electron chi connectivity index (χ0n) is 14.3. The quantitative estimate of drug-likeness (QED) is 0.620. The number of alkyl halides is 1. The Hall–Kier alpha value is -1.75. The number of amides is 1. The highest BCUT2D eigenvalue weighted by Gasteiger charge is 2.35. The molecule has 1 aromatic carbocycles. The molecule has 0 atom stereocenters. The van der Waals surface area contributed by atoms with Gasteiger partial charge in [-0.05, 0) is 51.8 Å². The van der Waals surface area contributed by atoms with Gasteiger partial charge in [-0.1, -0.05) is 0 Å². The summed E-state index contributed by atoms with van der Waals surface area (Å²) in [4.78, 5) is 28.5. The third-order valence-corrected chi connectivity index (χ3v) is 4.41. The Labute approximate surface area is 147 Å². The van der Waals surface area contributed by atoms with Crippen molar-refractivity contribution >= 4 is 34.9 Å². The second-order valence-corrected chi connectivity index (χ2v) is 7.58. The first kappa shape index (κ1) is 17.1. The molecule has 130 valence electrons. The van der Waals surface area contributed by atoms with Gasteiger partial charge in [-0.15, -0.1) is 11.6 Å². The number of halogens is 1. The first-order valence-electron chi connectivity index (χ1n) is 8.30. The SMILES string of the molecule is CC(C)(C)OC(=O)c1ccc2c(c1)N(C(=O)CCl)CCN2C1CC1. The maximum absolute atomic E-state index is 12.4. The third kappa shape index (κ3) is 3.51. The summed E-state index contributed by atoms with van der Waals surface area (Å²) < 4.78 is 5.44. The van der Waals surface area contributed by atoms with E-state index in [1.165, 1.54) is 12.8 Å². The minimum Gasteiger partial charge on any atom is -0.456 e. The Balaban J connectivity index is 1.96. The van der Waals surface area contributed by atoms with Crippen molar-refractivity contribution in [2.24, 2.45) is 0 Å². The highest BCUT2D eigenvalue weighted by atomic mass is 35.5. The number of fused-ring (bicyclic) bond motifs is 1. The van der Waals surface area contributed by atoms with E-state index in [-0.39, 0.29) is 17.8 Å². The van der Waals surface area contributed by atoms with Crippen LogP contribution in [0.5, 0.6) is 0 Å². The summed E-state index contributed by atoms with van der Waals surface area (Å²) in [6.45, 7) is 6.89. The standard InChI is InChI=1S/C18H23ClN2O3/c1-18(2,3)24-17(23)12-4-7-14-15(10-12)21(16(22)11-19)9-8-20(14)13-5-6-13/h4,7,10,13H,5-6,8-9,11H2,1-3H3. The third-order valence-electron chi connectivity index (χ3n) is 4.18. The van der Waals surface area contributed by atoms with Gasteiger partial charge in [-0.25, -0.2) is 4.79 Å². The second kappa shape index (κ2) is 6.28. The fourth-order valence-electron chi connectivity index (χ4n) is 2.99. The molecule has 0 bridgehead atoms. The number of nitrogens with zero attached hydrogens (tertiary/aromatic N) is 2. The van der Waals surface area contributed by atoms with Crippen LogP contribution in [0.4, 0.5) is 11.4 Å². The molecule has 0 N–H and O–H groups in total. The number of rotatable bonds is 3. The van der Waals surface area contributed by atoms with Gasteiger partial charge in [0.2, 0.25) is 5.91 Å². The van der Waals surface area contributed by atoms with Crippen molar-refractivity contribution in [3.8, 4) is 0 Å². The molecule has 6 heteroatoms. The maximum Gasteiger partial charge on any atom is 0.338 e. The number of benzene rings is 1. The van der Waals surface area contributed by atoms with Crippen LogP contribution in [0.1, 0.15) is 44.0 Å². The van der Waals surface area contributed by atoms with Crippen molar-refractivity contribution in [3.63, 3.8) is 0 Å². The Morgan fingerprint density at radius 2 is 1.92 bits per heavy atom. The van der Waals surface area contributed by atoms with Gasteiger partial charge in [0.1, 0.15) is 11.5 Å². The predicted octanol–water partition coefficient (Wildman–Crippen LogP) is 3.20. The van der Waals surface area contributed by atoms with Gasteiger partial charge in [0, 0.05) is 19.1 Å². The van der Waals surface area contributed by atoms with Crippen LogP contribution in [-0.4, -0.2) is 42.5 Å². The van der Waals surface area contributed by atoms with Crippen molar-refractivity contribution in [1.82, 2.24) is 0 Å². The molecule has 0 saturated heterocycles. The van der Waals surface area contributed by atoms with Crippen LogP contribution in [0.25, 0.3) is 0 Å². The first-order valence-corrected chi connectivity index (χ1v) is 8.84. The van der Waals surface area contributed by atoms with Crippen molar-refractivity contribution in [2.45, 2.75) is 45.3 Å². The van der Waals surface area contributed by atoms with E-state index >= 15 is 0 Å². The molecule has 1 saturated carbocycles. The minimum atomic E-state index is -0.557. The van der Waals surface area contributed by atoms with E-state index in [9.17, 15) is 9.59 Å². The molecule has 24 heavy (non-hydrogen) atoms. The van der Waals surface area contributed by atoms with Gasteiger partial charge in [-0.3, -0.25) is 4.79 Å². The molecule has 1 heterocycles. The number of ether oxygens (including phenoxy) is 1. The number of carbonyl (C=O) groups is 2. The normalized spacial score (nSPS) is 17.5. The lowest BCUT2D eigenvalue weighted by atomic mass is 10.1. The van der Waals surface area contributed by atoms with Crippen molar-refractivity contribution in [3.05, 3.63) is 23.8 Å². The number of hydrogen-bond donors (Lipinski definition) is 0. The van der Waals surface area contributed by atoms with E-state index in [0.29, 0.717) is 18.2 Å². The molecule has 0 radical (unpaired) electrons. The summed E-state index contributed by atoms with van der Waals surface area (Å²) in [6.07, 6.45) is 2.35. The zero-order valence-corrected chi connectivity index (χ0v) is 15.1. The average molecular weight is 351 g/mol. The fourth-order valence-corrected chi connectivity index (χ4v) is 3.14. The van der Waals surface area contributed by atoms with Crippen molar-refractivity contribution < 1.29 is 14.3 Å². The van der Waals surface area contributed by atoms with Crippen LogP contribution in [0, 0.1) is 0 Å². The van der Waals surface area contributed by atoms with E-state index in [1.54, 1.807) is 17.0 Å². The molecule has 1 amide bonds. The zero-order chi connectivity index (χ0) is 17.5. The van der Waals surface area contributed by atoms with Crippen molar-refractivity contribution in [1.29, 1.82) is 0 Å². The Morgan fingerprint density at radius 1 is 1.21 bits per heavy atom. The minimum absolute atomic E-state index is 0.0699. The van der Waals surface area contributed by atoms with Gasteiger partial charge >= 0.3 is 5.97 Å². The largest absolute Gasteiger partial charge is 0.456 e. The summed E-state index contributed by atoms with van der Waals surface area (Å²) in [7, 11) is 0. The number of anilines is 2. The summed E-state index contributed by atoms with van der Waals surface area (Å²) in [5.41, 5.74) is 1.64. The van der Waals surface area contributed by atoms with Gasteiger partial charge in [-0.2, -0.15) is 0 Å². The second-order valence-electron chi connectivity index (χ2n) is 7.31. The molecule has 1 aliphatic carbocycles. The molecule has 1 aliphatic heterocycles. The van der Waals surface area contributed by atoms with Crippen LogP contribution >= 0.6 is 11.6 Å². The fraction of sp³-hybridized carbons (Fsp3) is 0.556. The first-order chi connectivity index (χ1) is 11.3.